The maximum absolute atomic E-state index is 4.40. The molecule has 0 aliphatic carbocycles. The minimum absolute atomic E-state index is 0.774. The predicted octanol–water partition coefficient (Wildman–Crippen LogP) is 3.52. The number of benzene rings is 2. The quantitative estimate of drug-likeness (QED) is 0.748. The number of hydrogen-bond donors (Lipinski definition) is 1. The highest BCUT2D eigenvalue weighted by Crippen LogP contribution is 2.16. The molecule has 0 aliphatic heterocycles. The van der Waals surface area contributed by atoms with Crippen molar-refractivity contribution >= 4 is 17.6 Å². The van der Waals surface area contributed by atoms with Crippen LogP contribution in [-0.4, -0.2) is 21.1 Å². The molecule has 1 aromatic heterocycles. The summed E-state index contributed by atoms with van der Waals surface area (Å²) < 4.78 is 1.72. The molecule has 3 rings (SSSR count). The Morgan fingerprint density at radius 3 is 2.09 bits per heavy atom. The lowest BCUT2D eigenvalue weighted by atomic mass is 10.2. The Kier molecular flexibility index (Phi) is 3.96. The second-order valence-corrected chi connectivity index (χ2v) is 4.96. The minimum atomic E-state index is 0.774. The molecule has 0 unspecified atom stereocenters. The van der Waals surface area contributed by atoms with Gasteiger partial charge in [0.15, 0.2) is 11.6 Å². The highest BCUT2D eigenvalue weighted by Gasteiger charge is 2.01. The van der Waals surface area contributed by atoms with E-state index in [9.17, 15) is 0 Å². The third-order valence-corrected chi connectivity index (χ3v) is 3.25. The molecule has 5 nitrogen and oxygen atoms in total. The molecule has 110 valence electrons. The summed E-state index contributed by atoms with van der Waals surface area (Å²) in [5.41, 5.74) is 3.13. The van der Waals surface area contributed by atoms with Crippen LogP contribution in [0.25, 0.3) is 0 Å². The summed E-state index contributed by atoms with van der Waals surface area (Å²) in [5, 5.41) is 15.7. The summed E-state index contributed by atoms with van der Waals surface area (Å²) in [7, 11) is 0. The van der Waals surface area contributed by atoms with Gasteiger partial charge in [0.05, 0.1) is 6.21 Å². The highest BCUT2D eigenvalue weighted by molar-refractivity contribution is 5.80. The van der Waals surface area contributed by atoms with Gasteiger partial charge in [0.1, 0.15) is 0 Å². The second-order valence-electron chi connectivity index (χ2n) is 4.96. The van der Waals surface area contributed by atoms with Gasteiger partial charge < -0.3 is 5.32 Å². The van der Waals surface area contributed by atoms with Gasteiger partial charge in [-0.15, -0.1) is 10.2 Å². The fraction of sp³-hybridized carbons (Fsp3) is 0.118. The van der Waals surface area contributed by atoms with Gasteiger partial charge >= 0.3 is 0 Å². The van der Waals surface area contributed by atoms with Gasteiger partial charge in [0, 0.05) is 11.4 Å². The van der Waals surface area contributed by atoms with Crippen LogP contribution in [0.2, 0.25) is 0 Å². The first-order valence-electron chi connectivity index (χ1n) is 7.07. The zero-order valence-electron chi connectivity index (χ0n) is 12.6. The Hall–Kier alpha value is -2.95. The first kappa shape index (κ1) is 14.0. The van der Waals surface area contributed by atoms with E-state index in [4.69, 9.17) is 0 Å². The van der Waals surface area contributed by atoms with Gasteiger partial charge in [-0.05, 0) is 43.7 Å². The van der Waals surface area contributed by atoms with E-state index in [1.54, 1.807) is 10.9 Å². The zero-order valence-corrected chi connectivity index (χ0v) is 12.6. The summed E-state index contributed by atoms with van der Waals surface area (Å²) in [6, 6.07) is 18.2. The van der Waals surface area contributed by atoms with Crippen LogP contribution < -0.4 is 5.32 Å². The Morgan fingerprint density at radius 1 is 0.864 bits per heavy atom. The number of anilines is 2. The predicted molar refractivity (Wildman–Crippen MR) is 88.7 cm³/mol. The van der Waals surface area contributed by atoms with Gasteiger partial charge in [0.25, 0.3) is 0 Å². The molecule has 0 spiro atoms. The van der Waals surface area contributed by atoms with Crippen molar-refractivity contribution in [3.8, 4) is 0 Å². The molecule has 1 heterocycles. The van der Waals surface area contributed by atoms with Crippen molar-refractivity contribution in [2.24, 2.45) is 5.10 Å². The first-order chi connectivity index (χ1) is 10.7. The molecule has 1 N–H and O–H groups in total. The molecule has 0 saturated heterocycles. The van der Waals surface area contributed by atoms with Crippen molar-refractivity contribution in [1.82, 2.24) is 14.9 Å². The van der Waals surface area contributed by atoms with E-state index >= 15 is 0 Å². The lowest BCUT2D eigenvalue weighted by Crippen LogP contribution is -1.96. The minimum Gasteiger partial charge on any atom is -0.356 e. The molecule has 0 amide bonds. The highest BCUT2D eigenvalue weighted by atomic mass is 15.4. The van der Waals surface area contributed by atoms with Gasteiger partial charge in [0.2, 0.25) is 0 Å². The summed E-state index contributed by atoms with van der Waals surface area (Å²) >= 11 is 0. The van der Waals surface area contributed by atoms with Crippen molar-refractivity contribution in [2.75, 3.05) is 5.32 Å². The Labute approximate surface area is 129 Å². The summed E-state index contributed by atoms with van der Waals surface area (Å²) in [4.78, 5) is 0. The molecule has 22 heavy (non-hydrogen) atoms. The molecule has 5 heteroatoms. The van der Waals surface area contributed by atoms with E-state index in [-0.39, 0.29) is 0 Å². The van der Waals surface area contributed by atoms with E-state index in [0.717, 1.165) is 28.6 Å². The molecule has 0 radical (unpaired) electrons. The second kappa shape index (κ2) is 6.22. The average Bonchev–Trinajstić information content (AvgIpc) is 2.86. The Balaban J connectivity index is 1.72. The maximum Gasteiger partial charge on any atom is 0.151 e. The molecule has 2 aromatic carbocycles. The summed E-state index contributed by atoms with van der Waals surface area (Å²) in [6.07, 6.45) is 1.80. The van der Waals surface area contributed by atoms with E-state index in [2.05, 4.69) is 20.6 Å². The normalized spacial score (nSPS) is 11.0. The van der Waals surface area contributed by atoms with Crippen molar-refractivity contribution < 1.29 is 0 Å². The monoisotopic (exact) mass is 291 g/mol. The fourth-order valence-corrected chi connectivity index (χ4v) is 2.10. The number of nitrogens with one attached hydrogen (secondary N) is 1. The van der Waals surface area contributed by atoms with Crippen LogP contribution in [0.5, 0.6) is 0 Å². The van der Waals surface area contributed by atoms with Crippen LogP contribution in [0, 0.1) is 13.8 Å². The Bertz CT molecular complexity index is 753. The molecular weight excluding hydrogens is 274 g/mol. The lowest BCUT2D eigenvalue weighted by Gasteiger charge is -2.06. The number of para-hydroxylation sites is 1. The van der Waals surface area contributed by atoms with Gasteiger partial charge in [-0.1, -0.05) is 30.3 Å². The third kappa shape index (κ3) is 3.20. The van der Waals surface area contributed by atoms with Gasteiger partial charge in [-0.2, -0.15) is 5.10 Å². The van der Waals surface area contributed by atoms with E-state index in [1.807, 2.05) is 68.4 Å². The number of hydrogen-bond acceptors (Lipinski definition) is 4. The van der Waals surface area contributed by atoms with E-state index in [0.29, 0.717) is 0 Å². The van der Waals surface area contributed by atoms with Crippen molar-refractivity contribution in [3.05, 3.63) is 71.8 Å². The smallest absolute Gasteiger partial charge is 0.151 e. The van der Waals surface area contributed by atoms with Gasteiger partial charge in [-0.25, -0.2) is 4.68 Å². The van der Waals surface area contributed by atoms with Crippen LogP contribution in [0.4, 0.5) is 11.4 Å². The summed E-state index contributed by atoms with van der Waals surface area (Å²) in [6.45, 7) is 3.76. The Morgan fingerprint density at radius 2 is 1.45 bits per heavy atom. The molecule has 3 aromatic rings. The van der Waals surface area contributed by atoms with Crippen LogP contribution in [0.1, 0.15) is 17.2 Å². The molecule has 0 fully saturated rings. The summed E-state index contributed by atoms with van der Waals surface area (Å²) in [5.74, 6) is 1.55. The maximum atomic E-state index is 4.40. The van der Waals surface area contributed by atoms with Crippen molar-refractivity contribution in [1.29, 1.82) is 0 Å². The van der Waals surface area contributed by atoms with E-state index in [1.165, 1.54) is 0 Å². The fourth-order valence-electron chi connectivity index (χ4n) is 2.10. The number of nitrogens with zero attached hydrogens (tertiary/aromatic N) is 4. The first-order valence-corrected chi connectivity index (χ1v) is 7.07. The standard InChI is InChI=1S/C17H17N5/c1-13-20-21-14(2)22(13)18-12-15-8-10-17(11-9-15)19-16-6-4-3-5-7-16/h3-12,19H,1-2H3/b18-12-. The van der Waals surface area contributed by atoms with Crippen LogP contribution in [0.15, 0.2) is 59.7 Å². The molecule has 0 aliphatic rings. The zero-order chi connectivity index (χ0) is 15.4. The lowest BCUT2D eigenvalue weighted by molar-refractivity contribution is 0.799. The number of aryl methyl sites for hydroxylation is 2. The van der Waals surface area contributed by atoms with Crippen LogP contribution in [0.3, 0.4) is 0 Å². The van der Waals surface area contributed by atoms with Gasteiger partial charge in [-0.3, -0.25) is 0 Å². The number of rotatable bonds is 4. The third-order valence-electron chi connectivity index (χ3n) is 3.25. The van der Waals surface area contributed by atoms with Crippen LogP contribution in [-0.2, 0) is 0 Å². The van der Waals surface area contributed by atoms with Crippen molar-refractivity contribution in [2.45, 2.75) is 13.8 Å². The molecular formula is C17H17N5. The number of aromatic nitrogens is 3. The van der Waals surface area contributed by atoms with Crippen molar-refractivity contribution in [3.63, 3.8) is 0 Å². The SMILES string of the molecule is Cc1nnc(C)n1/N=C\c1ccc(Nc2ccccc2)cc1. The molecule has 0 bridgehead atoms. The van der Waals surface area contributed by atoms with E-state index < -0.39 is 0 Å². The van der Waals surface area contributed by atoms with Crippen LogP contribution >= 0.6 is 0 Å². The topological polar surface area (TPSA) is 55.1 Å². The average molecular weight is 291 g/mol. The largest absolute Gasteiger partial charge is 0.356 e. The molecule has 0 atom stereocenters. The molecule has 0 saturated carbocycles.